The van der Waals surface area contributed by atoms with Crippen molar-refractivity contribution in [1.29, 1.82) is 5.26 Å². The summed E-state index contributed by atoms with van der Waals surface area (Å²) in [5, 5.41) is 19.8. The van der Waals surface area contributed by atoms with Crippen LogP contribution in [0.15, 0.2) is 24.3 Å². The maximum absolute atomic E-state index is 10.4. The molecule has 1 atom stereocenters. The van der Waals surface area contributed by atoms with E-state index in [0.29, 0.717) is 26.1 Å². The molecule has 0 aromatic heterocycles. The SMILES string of the molecule is Cc1cccc(C(O)C2(C#N)CCOCC2)c1. The Morgan fingerprint density at radius 2 is 2.12 bits per heavy atom. The third-order valence-electron chi connectivity index (χ3n) is 3.49. The molecule has 0 bridgehead atoms. The number of nitriles is 1. The number of aliphatic hydroxyl groups is 1. The van der Waals surface area contributed by atoms with Crippen molar-refractivity contribution in [2.45, 2.75) is 25.9 Å². The highest BCUT2D eigenvalue weighted by Crippen LogP contribution is 2.41. The van der Waals surface area contributed by atoms with Gasteiger partial charge in [-0.05, 0) is 25.3 Å². The fraction of sp³-hybridized carbons (Fsp3) is 0.500. The van der Waals surface area contributed by atoms with Crippen LogP contribution in [0.1, 0.15) is 30.1 Å². The first-order valence-electron chi connectivity index (χ1n) is 5.91. The predicted molar refractivity (Wildman–Crippen MR) is 64.2 cm³/mol. The first kappa shape index (κ1) is 12.1. The summed E-state index contributed by atoms with van der Waals surface area (Å²) >= 11 is 0. The maximum Gasteiger partial charge on any atom is 0.0978 e. The second-order valence-corrected chi connectivity index (χ2v) is 4.70. The molecule has 0 aliphatic carbocycles. The quantitative estimate of drug-likeness (QED) is 0.850. The summed E-state index contributed by atoms with van der Waals surface area (Å²) in [7, 11) is 0. The zero-order chi connectivity index (χ0) is 12.3. The van der Waals surface area contributed by atoms with Crippen molar-refractivity contribution in [2.24, 2.45) is 5.41 Å². The minimum atomic E-state index is -0.726. The van der Waals surface area contributed by atoms with Crippen molar-refractivity contribution in [3.8, 4) is 6.07 Å². The van der Waals surface area contributed by atoms with Crippen LogP contribution in [0, 0.1) is 23.7 Å². The molecule has 3 heteroatoms. The monoisotopic (exact) mass is 231 g/mol. The molecule has 1 aromatic rings. The molecule has 1 aliphatic heterocycles. The molecule has 0 amide bonds. The van der Waals surface area contributed by atoms with Gasteiger partial charge in [-0.15, -0.1) is 0 Å². The summed E-state index contributed by atoms with van der Waals surface area (Å²) in [5.41, 5.74) is 1.24. The molecular weight excluding hydrogens is 214 g/mol. The Morgan fingerprint density at radius 1 is 1.41 bits per heavy atom. The number of hydrogen-bond acceptors (Lipinski definition) is 3. The topological polar surface area (TPSA) is 53.2 Å². The van der Waals surface area contributed by atoms with E-state index in [1.54, 1.807) is 0 Å². The van der Waals surface area contributed by atoms with Gasteiger partial charge in [-0.1, -0.05) is 29.8 Å². The van der Waals surface area contributed by atoms with Gasteiger partial charge in [-0.3, -0.25) is 0 Å². The van der Waals surface area contributed by atoms with Crippen molar-refractivity contribution in [3.63, 3.8) is 0 Å². The zero-order valence-corrected chi connectivity index (χ0v) is 10.0. The van der Waals surface area contributed by atoms with Crippen molar-refractivity contribution in [1.82, 2.24) is 0 Å². The Morgan fingerprint density at radius 3 is 2.71 bits per heavy atom. The molecule has 1 aromatic carbocycles. The van der Waals surface area contributed by atoms with E-state index >= 15 is 0 Å². The summed E-state index contributed by atoms with van der Waals surface area (Å²) in [4.78, 5) is 0. The lowest BCUT2D eigenvalue weighted by Gasteiger charge is -2.35. The van der Waals surface area contributed by atoms with E-state index in [1.807, 2.05) is 31.2 Å². The number of nitrogens with zero attached hydrogens (tertiary/aromatic N) is 1. The Kier molecular flexibility index (Phi) is 3.46. The Labute approximate surface area is 102 Å². The summed E-state index contributed by atoms with van der Waals surface area (Å²) in [6.45, 7) is 3.09. The van der Waals surface area contributed by atoms with E-state index in [1.165, 1.54) is 0 Å². The molecule has 1 N–H and O–H groups in total. The lowest BCUT2D eigenvalue weighted by molar-refractivity contribution is -0.0310. The number of aliphatic hydroxyl groups excluding tert-OH is 1. The smallest absolute Gasteiger partial charge is 0.0978 e. The van der Waals surface area contributed by atoms with E-state index in [0.717, 1.165) is 11.1 Å². The average Bonchev–Trinajstić information content (AvgIpc) is 2.38. The van der Waals surface area contributed by atoms with Crippen LogP contribution in [0.3, 0.4) is 0 Å². The highest BCUT2D eigenvalue weighted by atomic mass is 16.5. The van der Waals surface area contributed by atoms with Crippen molar-refractivity contribution in [3.05, 3.63) is 35.4 Å². The molecule has 3 nitrogen and oxygen atoms in total. The Hall–Kier alpha value is -1.37. The van der Waals surface area contributed by atoms with Crippen LogP contribution in [0.25, 0.3) is 0 Å². The standard InChI is InChI=1S/C14H17NO2/c1-11-3-2-4-12(9-11)13(16)14(10-15)5-7-17-8-6-14/h2-4,9,13,16H,5-8H2,1H3. The number of benzene rings is 1. The van der Waals surface area contributed by atoms with Crippen LogP contribution in [0.4, 0.5) is 0 Å². The molecular formula is C14H17NO2. The maximum atomic E-state index is 10.4. The third kappa shape index (κ3) is 2.33. The van der Waals surface area contributed by atoms with E-state index in [-0.39, 0.29) is 0 Å². The van der Waals surface area contributed by atoms with Gasteiger partial charge in [0, 0.05) is 13.2 Å². The number of hydrogen-bond donors (Lipinski definition) is 1. The van der Waals surface area contributed by atoms with E-state index < -0.39 is 11.5 Å². The predicted octanol–water partition coefficient (Wildman–Crippen LogP) is 2.35. The molecule has 1 saturated heterocycles. The molecule has 1 aliphatic rings. The summed E-state index contributed by atoms with van der Waals surface area (Å²) in [6.07, 6.45) is 0.466. The van der Waals surface area contributed by atoms with E-state index in [4.69, 9.17) is 4.74 Å². The Balaban J connectivity index is 2.29. The van der Waals surface area contributed by atoms with Gasteiger partial charge in [-0.25, -0.2) is 0 Å². The summed E-state index contributed by atoms with van der Waals surface area (Å²) in [5.74, 6) is 0. The number of aryl methyl sites for hydroxylation is 1. The van der Waals surface area contributed by atoms with Gasteiger partial charge in [0.15, 0.2) is 0 Å². The molecule has 17 heavy (non-hydrogen) atoms. The van der Waals surface area contributed by atoms with Gasteiger partial charge in [0.25, 0.3) is 0 Å². The Bertz CT molecular complexity index is 430. The first-order valence-corrected chi connectivity index (χ1v) is 5.91. The van der Waals surface area contributed by atoms with Gasteiger partial charge >= 0.3 is 0 Å². The first-order chi connectivity index (χ1) is 8.18. The fourth-order valence-corrected chi connectivity index (χ4v) is 2.34. The zero-order valence-electron chi connectivity index (χ0n) is 10.0. The molecule has 1 fully saturated rings. The minimum absolute atomic E-state index is 0.552. The second kappa shape index (κ2) is 4.87. The van der Waals surface area contributed by atoms with Gasteiger partial charge in [0.2, 0.25) is 0 Å². The molecule has 0 radical (unpaired) electrons. The van der Waals surface area contributed by atoms with Crippen molar-refractivity contribution >= 4 is 0 Å². The number of rotatable bonds is 2. The van der Waals surface area contributed by atoms with Crippen LogP contribution in [0.5, 0.6) is 0 Å². The van der Waals surface area contributed by atoms with Gasteiger partial charge < -0.3 is 9.84 Å². The molecule has 1 heterocycles. The van der Waals surface area contributed by atoms with Gasteiger partial charge in [0.1, 0.15) is 0 Å². The van der Waals surface area contributed by atoms with Crippen molar-refractivity contribution < 1.29 is 9.84 Å². The fourth-order valence-electron chi connectivity index (χ4n) is 2.34. The number of ether oxygens (including phenoxy) is 1. The van der Waals surface area contributed by atoms with Crippen molar-refractivity contribution in [2.75, 3.05) is 13.2 Å². The van der Waals surface area contributed by atoms with Gasteiger partial charge in [-0.2, -0.15) is 5.26 Å². The largest absolute Gasteiger partial charge is 0.387 e. The van der Waals surface area contributed by atoms with Crippen LogP contribution in [-0.4, -0.2) is 18.3 Å². The second-order valence-electron chi connectivity index (χ2n) is 4.70. The molecule has 0 spiro atoms. The summed E-state index contributed by atoms with van der Waals surface area (Å²) < 4.78 is 5.27. The van der Waals surface area contributed by atoms with E-state index in [2.05, 4.69) is 6.07 Å². The van der Waals surface area contributed by atoms with Crippen LogP contribution < -0.4 is 0 Å². The third-order valence-corrected chi connectivity index (χ3v) is 3.49. The van der Waals surface area contributed by atoms with Crippen LogP contribution >= 0.6 is 0 Å². The normalized spacial score (nSPS) is 20.5. The minimum Gasteiger partial charge on any atom is -0.387 e. The van der Waals surface area contributed by atoms with E-state index in [9.17, 15) is 10.4 Å². The lowest BCUT2D eigenvalue weighted by Crippen LogP contribution is -2.34. The molecule has 1 unspecified atom stereocenters. The lowest BCUT2D eigenvalue weighted by atomic mass is 9.74. The van der Waals surface area contributed by atoms with Crippen LogP contribution in [0.2, 0.25) is 0 Å². The highest BCUT2D eigenvalue weighted by molar-refractivity contribution is 5.27. The van der Waals surface area contributed by atoms with Gasteiger partial charge in [0.05, 0.1) is 17.6 Å². The summed E-state index contributed by atoms with van der Waals surface area (Å²) in [6, 6.07) is 10.0. The highest BCUT2D eigenvalue weighted by Gasteiger charge is 2.40. The van der Waals surface area contributed by atoms with Crippen LogP contribution in [-0.2, 0) is 4.74 Å². The molecule has 2 rings (SSSR count). The molecule has 0 saturated carbocycles. The average molecular weight is 231 g/mol. The molecule has 90 valence electrons.